The number of methoxy groups -OCH3 is 1. The lowest BCUT2D eigenvalue weighted by Gasteiger charge is -2.09. The van der Waals surface area contributed by atoms with Crippen molar-refractivity contribution in [3.8, 4) is 5.75 Å². The van der Waals surface area contributed by atoms with E-state index in [1.165, 1.54) is 32.2 Å². The minimum Gasteiger partial charge on any atom is -0.497 e. The Labute approximate surface area is 87.2 Å². The first kappa shape index (κ1) is 11.5. The Kier molecular flexibility index (Phi) is 3.62. The molecule has 0 spiro atoms. The van der Waals surface area contributed by atoms with Crippen molar-refractivity contribution in [3.05, 3.63) is 24.0 Å². The Hall–Kier alpha value is -1.62. The van der Waals surface area contributed by atoms with Crippen LogP contribution in [0.15, 0.2) is 18.2 Å². The molecule has 82 valence electrons. The summed E-state index contributed by atoms with van der Waals surface area (Å²) in [6.45, 7) is 1.52. The van der Waals surface area contributed by atoms with Crippen LogP contribution < -0.4 is 15.8 Å². The maximum absolute atomic E-state index is 13.2. The number of benzene rings is 1. The highest BCUT2D eigenvalue weighted by molar-refractivity contribution is 5.94. The second kappa shape index (κ2) is 4.75. The van der Waals surface area contributed by atoms with Crippen molar-refractivity contribution in [2.75, 3.05) is 12.4 Å². The maximum Gasteiger partial charge on any atom is 0.241 e. The van der Waals surface area contributed by atoms with E-state index in [0.717, 1.165) is 0 Å². The van der Waals surface area contributed by atoms with Crippen LogP contribution in [0.2, 0.25) is 0 Å². The van der Waals surface area contributed by atoms with Gasteiger partial charge in [-0.2, -0.15) is 0 Å². The van der Waals surface area contributed by atoms with Crippen LogP contribution in [0.25, 0.3) is 0 Å². The average Bonchev–Trinajstić information content (AvgIpc) is 2.21. The van der Waals surface area contributed by atoms with Gasteiger partial charge in [-0.1, -0.05) is 0 Å². The van der Waals surface area contributed by atoms with E-state index in [4.69, 9.17) is 10.5 Å². The lowest BCUT2D eigenvalue weighted by molar-refractivity contribution is -0.117. The van der Waals surface area contributed by atoms with Gasteiger partial charge in [0, 0.05) is 6.07 Å². The van der Waals surface area contributed by atoms with Crippen molar-refractivity contribution in [1.82, 2.24) is 0 Å². The van der Waals surface area contributed by atoms with Crippen LogP contribution in [-0.2, 0) is 4.79 Å². The molecule has 1 aromatic carbocycles. The lowest BCUT2D eigenvalue weighted by atomic mass is 10.2. The van der Waals surface area contributed by atoms with Gasteiger partial charge in [0.05, 0.1) is 18.8 Å². The Bertz CT molecular complexity index is 366. The zero-order valence-electron chi connectivity index (χ0n) is 8.58. The number of ether oxygens (including phenoxy) is 1. The van der Waals surface area contributed by atoms with Crippen LogP contribution in [-0.4, -0.2) is 19.1 Å². The summed E-state index contributed by atoms with van der Waals surface area (Å²) in [5.41, 5.74) is 5.41. The van der Waals surface area contributed by atoms with Gasteiger partial charge in [0.25, 0.3) is 0 Å². The molecule has 0 aliphatic rings. The predicted molar refractivity (Wildman–Crippen MR) is 55.2 cm³/mol. The molecular weight excluding hydrogens is 199 g/mol. The van der Waals surface area contributed by atoms with Crippen molar-refractivity contribution in [1.29, 1.82) is 0 Å². The highest BCUT2D eigenvalue weighted by Crippen LogP contribution is 2.20. The molecule has 1 aromatic rings. The van der Waals surface area contributed by atoms with Gasteiger partial charge in [-0.3, -0.25) is 4.79 Å². The second-order valence-corrected chi connectivity index (χ2v) is 3.12. The first-order valence-corrected chi connectivity index (χ1v) is 4.44. The minimum atomic E-state index is -0.685. The number of hydrogen-bond donors (Lipinski definition) is 2. The molecule has 1 atom stereocenters. The topological polar surface area (TPSA) is 64.3 Å². The van der Waals surface area contributed by atoms with Crippen LogP contribution in [0.5, 0.6) is 5.75 Å². The number of hydrogen-bond acceptors (Lipinski definition) is 3. The summed E-state index contributed by atoms with van der Waals surface area (Å²) in [4.78, 5) is 11.2. The second-order valence-electron chi connectivity index (χ2n) is 3.12. The van der Waals surface area contributed by atoms with E-state index in [9.17, 15) is 9.18 Å². The Morgan fingerprint density at radius 3 is 2.80 bits per heavy atom. The summed E-state index contributed by atoms with van der Waals surface area (Å²) in [6.07, 6.45) is 0. The van der Waals surface area contributed by atoms with Crippen molar-refractivity contribution < 1.29 is 13.9 Å². The van der Waals surface area contributed by atoms with Gasteiger partial charge < -0.3 is 15.8 Å². The molecule has 1 rings (SSSR count). The fourth-order valence-corrected chi connectivity index (χ4v) is 0.974. The molecule has 4 nitrogen and oxygen atoms in total. The molecule has 5 heteroatoms. The van der Waals surface area contributed by atoms with E-state index in [0.29, 0.717) is 5.75 Å². The molecule has 0 heterocycles. The number of halogens is 1. The van der Waals surface area contributed by atoms with Crippen LogP contribution in [0.4, 0.5) is 10.1 Å². The van der Waals surface area contributed by atoms with Gasteiger partial charge >= 0.3 is 0 Å². The molecule has 0 aromatic heterocycles. The molecule has 0 unspecified atom stereocenters. The molecule has 0 fully saturated rings. The summed E-state index contributed by atoms with van der Waals surface area (Å²) in [6, 6.07) is 3.40. The van der Waals surface area contributed by atoms with Crippen molar-refractivity contribution in [2.24, 2.45) is 5.73 Å². The number of anilines is 1. The van der Waals surface area contributed by atoms with Gasteiger partial charge in [0.1, 0.15) is 11.6 Å². The zero-order chi connectivity index (χ0) is 11.4. The monoisotopic (exact) mass is 212 g/mol. The summed E-state index contributed by atoms with van der Waals surface area (Å²) in [5.74, 6) is -0.497. The Balaban J connectivity index is 2.88. The molecule has 0 bridgehead atoms. The van der Waals surface area contributed by atoms with Crippen molar-refractivity contribution >= 4 is 11.6 Å². The minimum absolute atomic E-state index is 0.0663. The highest BCUT2D eigenvalue weighted by atomic mass is 19.1. The van der Waals surface area contributed by atoms with Gasteiger partial charge in [-0.05, 0) is 19.1 Å². The fraction of sp³-hybridized carbons (Fsp3) is 0.300. The first-order chi connectivity index (χ1) is 7.04. The third kappa shape index (κ3) is 2.92. The molecule has 0 saturated heterocycles. The average molecular weight is 212 g/mol. The Morgan fingerprint density at radius 1 is 1.60 bits per heavy atom. The standard InChI is InChI=1S/C10H13FN2O2/c1-6(12)10(14)13-9-5-7(15-2)3-4-8(9)11/h3-6H,12H2,1-2H3,(H,13,14)/t6-/m1/s1. The molecule has 0 saturated carbocycles. The normalized spacial score (nSPS) is 12.0. The van der Waals surface area contributed by atoms with E-state index in [2.05, 4.69) is 5.32 Å². The quantitative estimate of drug-likeness (QED) is 0.789. The fourth-order valence-electron chi connectivity index (χ4n) is 0.974. The number of nitrogens with two attached hydrogens (primary N) is 1. The molecular formula is C10H13FN2O2. The predicted octanol–water partition coefficient (Wildman–Crippen LogP) is 1.12. The third-order valence-corrected chi connectivity index (χ3v) is 1.84. The summed E-state index contributed by atoms with van der Waals surface area (Å²) in [7, 11) is 1.46. The van der Waals surface area contributed by atoms with Crippen LogP contribution in [0.3, 0.4) is 0 Å². The van der Waals surface area contributed by atoms with E-state index >= 15 is 0 Å². The number of amides is 1. The van der Waals surface area contributed by atoms with Gasteiger partial charge in [-0.25, -0.2) is 4.39 Å². The number of carbonyl (C=O) groups is 1. The summed E-state index contributed by atoms with van der Waals surface area (Å²) < 4.78 is 18.1. The SMILES string of the molecule is COc1ccc(F)c(NC(=O)[C@@H](C)N)c1. The van der Waals surface area contributed by atoms with Crippen molar-refractivity contribution in [3.63, 3.8) is 0 Å². The van der Waals surface area contributed by atoms with Gasteiger partial charge in [-0.15, -0.1) is 0 Å². The third-order valence-electron chi connectivity index (χ3n) is 1.84. The molecule has 0 aliphatic heterocycles. The van der Waals surface area contributed by atoms with E-state index in [-0.39, 0.29) is 5.69 Å². The molecule has 0 radical (unpaired) electrons. The molecule has 15 heavy (non-hydrogen) atoms. The maximum atomic E-state index is 13.2. The number of nitrogens with one attached hydrogen (secondary N) is 1. The van der Waals surface area contributed by atoms with Crippen LogP contribution >= 0.6 is 0 Å². The van der Waals surface area contributed by atoms with E-state index < -0.39 is 17.8 Å². The molecule has 3 N–H and O–H groups in total. The van der Waals surface area contributed by atoms with E-state index in [1.807, 2.05) is 0 Å². The summed E-state index contributed by atoms with van der Waals surface area (Å²) in [5, 5.41) is 2.37. The number of carbonyl (C=O) groups excluding carboxylic acids is 1. The largest absolute Gasteiger partial charge is 0.497 e. The van der Waals surface area contributed by atoms with Gasteiger partial charge in [0.15, 0.2) is 0 Å². The van der Waals surface area contributed by atoms with Crippen LogP contribution in [0.1, 0.15) is 6.92 Å². The first-order valence-electron chi connectivity index (χ1n) is 4.44. The summed E-state index contributed by atoms with van der Waals surface area (Å²) >= 11 is 0. The smallest absolute Gasteiger partial charge is 0.241 e. The molecule has 0 aliphatic carbocycles. The highest BCUT2D eigenvalue weighted by Gasteiger charge is 2.11. The van der Waals surface area contributed by atoms with Crippen LogP contribution in [0, 0.1) is 5.82 Å². The molecule has 1 amide bonds. The van der Waals surface area contributed by atoms with Crippen molar-refractivity contribution in [2.45, 2.75) is 13.0 Å². The van der Waals surface area contributed by atoms with Gasteiger partial charge in [0.2, 0.25) is 5.91 Å². The Morgan fingerprint density at radius 2 is 2.27 bits per heavy atom. The zero-order valence-corrected chi connectivity index (χ0v) is 8.58. The number of rotatable bonds is 3. The van der Waals surface area contributed by atoms with E-state index in [1.54, 1.807) is 0 Å². The lowest BCUT2D eigenvalue weighted by Crippen LogP contribution is -2.32.